The molecule has 0 bridgehead atoms. The fourth-order valence-corrected chi connectivity index (χ4v) is 2.65. The van der Waals surface area contributed by atoms with Gasteiger partial charge in [-0.15, -0.1) is 0 Å². The number of alkyl halides is 3. The first kappa shape index (κ1) is 14.5. The lowest BCUT2D eigenvalue weighted by molar-refractivity contribution is -0.251. The molecule has 0 N–H and O–H groups in total. The van der Waals surface area contributed by atoms with Gasteiger partial charge >= 0.3 is 6.18 Å². The Kier molecular flexibility index (Phi) is 3.53. The van der Waals surface area contributed by atoms with Gasteiger partial charge in [0.25, 0.3) is 0 Å². The summed E-state index contributed by atoms with van der Waals surface area (Å²) in [5.74, 6) is 0. The van der Waals surface area contributed by atoms with Gasteiger partial charge in [0, 0.05) is 13.2 Å². The van der Waals surface area contributed by atoms with Crippen LogP contribution in [0.1, 0.15) is 12.8 Å². The van der Waals surface area contributed by atoms with Crippen molar-refractivity contribution in [3.8, 4) is 0 Å². The van der Waals surface area contributed by atoms with E-state index in [2.05, 4.69) is 15.1 Å². The van der Waals surface area contributed by atoms with Crippen molar-refractivity contribution in [2.24, 2.45) is 5.41 Å². The van der Waals surface area contributed by atoms with E-state index in [0.29, 0.717) is 5.52 Å². The molecule has 0 radical (unpaired) electrons. The maximum absolute atomic E-state index is 13.5. The van der Waals surface area contributed by atoms with Gasteiger partial charge in [-0.05, 0) is 12.8 Å². The molecule has 1 aliphatic rings. The predicted molar refractivity (Wildman–Crippen MR) is 68.9 cm³/mol. The quantitative estimate of drug-likeness (QED) is 0.854. The van der Waals surface area contributed by atoms with Crippen LogP contribution in [0.3, 0.4) is 0 Å². The molecular formula is C12H12ClF3N4O. The van der Waals surface area contributed by atoms with Crippen LogP contribution in [-0.2, 0) is 11.3 Å². The number of ether oxygens (including phenoxy) is 1. The van der Waals surface area contributed by atoms with Crippen LogP contribution in [0.5, 0.6) is 0 Å². The second-order valence-corrected chi connectivity index (χ2v) is 5.48. The summed E-state index contributed by atoms with van der Waals surface area (Å²) >= 11 is 5.76. The Labute approximate surface area is 123 Å². The molecule has 0 spiro atoms. The van der Waals surface area contributed by atoms with E-state index in [9.17, 15) is 13.2 Å². The van der Waals surface area contributed by atoms with Gasteiger partial charge in [0.1, 0.15) is 10.7 Å². The van der Waals surface area contributed by atoms with Crippen molar-refractivity contribution in [1.82, 2.24) is 19.7 Å². The Morgan fingerprint density at radius 3 is 2.67 bits per heavy atom. The molecule has 0 amide bonds. The van der Waals surface area contributed by atoms with E-state index in [4.69, 9.17) is 16.3 Å². The summed E-state index contributed by atoms with van der Waals surface area (Å²) in [5, 5.41) is 4.10. The van der Waals surface area contributed by atoms with E-state index in [1.807, 2.05) is 0 Å². The first-order chi connectivity index (χ1) is 9.91. The zero-order valence-electron chi connectivity index (χ0n) is 10.9. The van der Waals surface area contributed by atoms with Gasteiger partial charge in [0.2, 0.25) is 0 Å². The molecular weight excluding hydrogens is 309 g/mol. The second-order valence-electron chi connectivity index (χ2n) is 5.09. The van der Waals surface area contributed by atoms with Gasteiger partial charge in [-0.25, -0.2) is 14.6 Å². The lowest BCUT2D eigenvalue weighted by Gasteiger charge is -2.38. The number of nitrogens with zero attached hydrogens (tertiary/aromatic N) is 4. The molecule has 21 heavy (non-hydrogen) atoms. The third-order valence-electron chi connectivity index (χ3n) is 3.82. The summed E-state index contributed by atoms with van der Waals surface area (Å²) in [6.07, 6.45) is -1.79. The Bertz CT molecular complexity index is 651. The Morgan fingerprint density at radius 1 is 1.29 bits per heavy atom. The molecule has 3 rings (SSSR count). The van der Waals surface area contributed by atoms with Gasteiger partial charge in [-0.1, -0.05) is 11.6 Å². The summed E-state index contributed by atoms with van der Waals surface area (Å²) in [6, 6.07) is 0. The number of aromatic nitrogens is 4. The number of fused-ring (bicyclic) bond motifs is 1. The Morgan fingerprint density at radius 2 is 2.00 bits per heavy atom. The van der Waals surface area contributed by atoms with Gasteiger partial charge in [-0.3, -0.25) is 0 Å². The van der Waals surface area contributed by atoms with Crippen molar-refractivity contribution in [1.29, 1.82) is 0 Å². The minimum Gasteiger partial charge on any atom is -0.381 e. The van der Waals surface area contributed by atoms with E-state index < -0.39 is 11.6 Å². The van der Waals surface area contributed by atoms with Gasteiger partial charge in [0.05, 0.1) is 24.4 Å². The second kappa shape index (κ2) is 5.10. The molecule has 0 aliphatic carbocycles. The van der Waals surface area contributed by atoms with Gasteiger partial charge in [0.15, 0.2) is 5.65 Å². The standard InChI is InChI=1S/C12H12ClF3N4O/c13-9-6-17-8-5-18-20(10(8)19-9)7-11(12(14,15)16)1-3-21-4-2-11/h5-6H,1-4,7H2. The fourth-order valence-electron chi connectivity index (χ4n) is 2.52. The molecule has 3 heterocycles. The topological polar surface area (TPSA) is 52.8 Å². The summed E-state index contributed by atoms with van der Waals surface area (Å²) in [6.45, 7) is -0.130. The molecule has 2 aromatic heterocycles. The zero-order chi connectivity index (χ0) is 15.1. The van der Waals surface area contributed by atoms with Crippen molar-refractivity contribution in [2.75, 3.05) is 13.2 Å². The maximum Gasteiger partial charge on any atom is 0.396 e. The number of hydrogen-bond donors (Lipinski definition) is 0. The SMILES string of the molecule is FC(F)(F)C1(Cn2ncc3ncc(Cl)nc32)CCOCC1. The van der Waals surface area contributed by atoms with Crippen LogP contribution in [0, 0.1) is 5.41 Å². The first-order valence-corrected chi connectivity index (χ1v) is 6.78. The molecule has 2 aromatic rings. The van der Waals surface area contributed by atoms with Crippen molar-refractivity contribution in [2.45, 2.75) is 25.6 Å². The minimum atomic E-state index is -4.33. The van der Waals surface area contributed by atoms with Gasteiger partial charge in [-0.2, -0.15) is 18.3 Å². The summed E-state index contributed by atoms with van der Waals surface area (Å²) in [5.41, 5.74) is -1.17. The molecule has 1 saturated heterocycles. The summed E-state index contributed by atoms with van der Waals surface area (Å²) in [7, 11) is 0. The fraction of sp³-hybridized carbons (Fsp3) is 0.583. The Hall–Kier alpha value is -1.41. The highest BCUT2D eigenvalue weighted by molar-refractivity contribution is 6.29. The van der Waals surface area contributed by atoms with E-state index in [1.165, 1.54) is 17.1 Å². The van der Waals surface area contributed by atoms with E-state index in [1.54, 1.807) is 0 Å². The van der Waals surface area contributed by atoms with Crippen molar-refractivity contribution in [3.63, 3.8) is 0 Å². The smallest absolute Gasteiger partial charge is 0.381 e. The highest BCUT2D eigenvalue weighted by Gasteiger charge is 2.55. The van der Waals surface area contributed by atoms with Crippen LogP contribution >= 0.6 is 11.6 Å². The third kappa shape index (κ3) is 2.57. The van der Waals surface area contributed by atoms with Crippen LogP contribution in [-0.4, -0.2) is 39.1 Å². The maximum atomic E-state index is 13.5. The van der Waals surface area contributed by atoms with E-state index >= 15 is 0 Å². The van der Waals surface area contributed by atoms with Crippen LogP contribution in [0.25, 0.3) is 11.2 Å². The molecule has 0 aromatic carbocycles. The largest absolute Gasteiger partial charge is 0.396 e. The predicted octanol–water partition coefficient (Wildman–Crippen LogP) is 2.84. The lowest BCUT2D eigenvalue weighted by atomic mass is 9.79. The number of halogens is 4. The summed E-state index contributed by atoms with van der Waals surface area (Å²) < 4.78 is 46.8. The molecule has 9 heteroatoms. The lowest BCUT2D eigenvalue weighted by Crippen LogP contribution is -2.46. The zero-order valence-corrected chi connectivity index (χ0v) is 11.7. The van der Waals surface area contributed by atoms with Crippen molar-refractivity contribution in [3.05, 3.63) is 17.5 Å². The average Bonchev–Trinajstić information content (AvgIpc) is 2.81. The minimum absolute atomic E-state index is 0.0884. The Balaban J connectivity index is 2.00. The molecule has 5 nitrogen and oxygen atoms in total. The molecule has 0 atom stereocenters. The molecule has 0 saturated carbocycles. The van der Waals surface area contributed by atoms with Crippen LogP contribution in [0.15, 0.2) is 12.4 Å². The number of hydrogen-bond acceptors (Lipinski definition) is 4. The molecule has 1 aliphatic heterocycles. The summed E-state index contributed by atoms with van der Waals surface area (Å²) in [4.78, 5) is 8.01. The molecule has 0 unspecified atom stereocenters. The highest BCUT2D eigenvalue weighted by Crippen LogP contribution is 2.47. The number of rotatable bonds is 2. The van der Waals surface area contributed by atoms with E-state index in [0.717, 1.165) is 0 Å². The van der Waals surface area contributed by atoms with Crippen molar-refractivity contribution >= 4 is 22.8 Å². The molecule has 1 fully saturated rings. The highest BCUT2D eigenvalue weighted by atomic mass is 35.5. The van der Waals surface area contributed by atoms with Crippen LogP contribution in [0.4, 0.5) is 13.2 Å². The van der Waals surface area contributed by atoms with Crippen LogP contribution < -0.4 is 0 Å². The average molecular weight is 321 g/mol. The monoisotopic (exact) mass is 320 g/mol. The third-order valence-corrected chi connectivity index (χ3v) is 4.00. The van der Waals surface area contributed by atoms with E-state index in [-0.39, 0.29) is 43.4 Å². The molecule has 114 valence electrons. The normalized spacial score (nSPS) is 19.0. The first-order valence-electron chi connectivity index (χ1n) is 6.40. The van der Waals surface area contributed by atoms with Gasteiger partial charge < -0.3 is 4.74 Å². The van der Waals surface area contributed by atoms with Crippen LogP contribution in [0.2, 0.25) is 5.15 Å². The van der Waals surface area contributed by atoms with Crippen molar-refractivity contribution < 1.29 is 17.9 Å².